The number of hydrogen-bond acceptors (Lipinski definition) is 5. The molecule has 3 atom stereocenters. The topological polar surface area (TPSA) is 54.0 Å². The predicted octanol–water partition coefficient (Wildman–Crippen LogP) is 4.87. The van der Waals surface area contributed by atoms with Gasteiger partial charge >= 0.3 is 5.97 Å². The molecule has 1 aliphatic rings. The maximum Gasteiger partial charge on any atom is 0.306 e. The van der Waals surface area contributed by atoms with Gasteiger partial charge in [0.2, 0.25) is 0 Å². The number of ether oxygens (including phenoxy) is 3. The molecular weight excluding hydrogens is 480 g/mol. The van der Waals surface area contributed by atoms with Gasteiger partial charge in [0, 0.05) is 13.5 Å². The van der Waals surface area contributed by atoms with Gasteiger partial charge in [-0.1, -0.05) is 112 Å². The molecule has 1 aliphatic heterocycles. The SMILES string of the molecule is CO[C@H]1CCC(=O)O[C@@H]1[C@@H](CO[Si](c1ccccc1)(c1ccccc1)C(C)(C)C)OCc1ccccc1. The van der Waals surface area contributed by atoms with E-state index in [0.717, 1.165) is 5.56 Å². The normalized spacial score (nSPS) is 19.3. The average molecular weight is 519 g/mol. The van der Waals surface area contributed by atoms with Crippen molar-refractivity contribution in [2.45, 2.75) is 63.6 Å². The number of rotatable bonds is 10. The van der Waals surface area contributed by atoms with Crippen molar-refractivity contribution in [3.8, 4) is 0 Å². The van der Waals surface area contributed by atoms with Crippen LogP contribution >= 0.6 is 0 Å². The minimum atomic E-state index is -2.79. The van der Waals surface area contributed by atoms with Gasteiger partial charge in [-0.05, 0) is 27.4 Å². The van der Waals surface area contributed by atoms with Crippen LogP contribution in [0.2, 0.25) is 5.04 Å². The molecule has 0 amide bonds. The Kier molecular flexibility index (Phi) is 8.98. The van der Waals surface area contributed by atoms with Crippen LogP contribution < -0.4 is 10.4 Å². The van der Waals surface area contributed by atoms with Crippen molar-refractivity contribution in [2.24, 2.45) is 0 Å². The van der Waals surface area contributed by atoms with Gasteiger partial charge in [-0.2, -0.15) is 0 Å². The molecule has 0 bridgehead atoms. The second kappa shape index (κ2) is 12.2. The highest BCUT2D eigenvalue weighted by molar-refractivity contribution is 6.99. The molecule has 0 N–H and O–H groups in total. The van der Waals surface area contributed by atoms with Crippen LogP contribution in [0.15, 0.2) is 91.0 Å². The Morgan fingerprint density at radius 2 is 1.43 bits per heavy atom. The maximum atomic E-state index is 12.4. The molecule has 0 saturated carbocycles. The zero-order valence-electron chi connectivity index (χ0n) is 22.3. The second-order valence-corrected chi connectivity index (χ2v) is 14.9. The van der Waals surface area contributed by atoms with Crippen molar-refractivity contribution in [3.63, 3.8) is 0 Å². The Balaban J connectivity index is 1.71. The molecule has 1 saturated heterocycles. The number of carbonyl (C=O) groups excluding carboxylic acids is 1. The van der Waals surface area contributed by atoms with Gasteiger partial charge in [-0.25, -0.2) is 0 Å². The fourth-order valence-electron chi connectivity index (χ4n) is 5.26. The van der Waals surface area contributed by atoms with Gasteiger partial charge in [0.15, 0.2) is 6.10 Å². The van der Waals surface area contributed by atoms with Crippen LogP contribution in [0, 0.1) is 0 Å². The lowest BCUT2D eigenvalue weighted by molar-refractivity contribution is -0.187. The van der Waals surface area contributed by atoms with Gasteiger partial charge in [0.1, 0.15) is 6.10 Å². The fraction of sp³-hybridized carbons (Fsp3) is 0.387. The first-order chi connectivity index (χ1) is 17.8. The highest BCUT2D eigenvalue weighted by Crippen LogP contribution is 2.37. The lowest BCUT2D eigenvalue weighted by atomic mass is 10.0. The zero-order chi connectivity index (χ0) is 26.3. The standard InChI is InChI=1S/C31H38O5Si/c1-31(2,3)37(25-16-10-6-11-17-25,26-18-12-7-13-19-26)35-23-28(34-22-24-14-8-5-9-15-24)30-27(33-4)20-21-29(32)36-30/h5-19,27-28,30H,20-23H2,1-4H3/t27-,28+,30-/m0/s1. The highest BCUT2D eigenvalue weighted by atomic mass is 28.4. The maximum absolute atomic E-state index is 12.4. The molecule has 0 spiro atoms. The van der Waals surface area contributed by atoms with Crippen molar-refractivity contribution in [2.75, 3.05) is 13.7 Å². The van der Waals surface area contributed by atoms with Gasteiger partial charge < -0.3 is 18.6 Å². The summed E-state index contributed by atoms with van der Waals surface area (Å²) in [5, 5.41) is 2.21. The molecule has 3 aromatic rings. The van der Waals surface area contributed by atoms with Crippen molar-refractivity contribution in [1.82, 2.24) is 0 Å². The Morgan fingerprint density at radius 1 is 0.892 bits per heavy atom. The number of benzene rings is 3. The van der Waals surface area contributed by atoms with Gasteiger partial charge in [-0.15, -0.1) is 0 Å². The van der Waals surface area contributed by atoms with Crippen LogP contribution in [0.3, 0.4) is 0 Å². The second-order valence-electron chi connectivity index (χ2n) is 10.6. The monoisotopic (exact) mass is 518 g/mol. The van der Waals surface area contributed by atoms with Crippen molar-refractivity contribution in [1.29, 1.82) is 0 Å². The van der Waals surface area contributed by atoms with Gasteiger partial charge in [-0.3, -0.25) is 4.79 Å². The minimum absolute atomic E-state index is 0.177. The fourth-order valence-corrected chi connectivity index (χ4v) is 9.83. The zero-order valence-corrected chi connectivity index (χ0v) is 23.3. The van der Waals surface area contributed by atoms with Crippen LogP contribution in [0.4, 0.5) is 0 Å². The van der Waals surface area contributed by atoms with Crippen LogP contribution in [0.1, 0.15) is 39.2 Å². The smallest absolute Gasteiger partial charge is 0.306 e. The predicted molar refractivity (Wildman–Crippen MR) is 149 cm³/mol. The summed E-state index contributed by atoms with van der Waals surface area (Å²) < 4.78 is 25.2. The summed E-state index contributed by atoms with van der Waals surface area (Å²) in [6.45, 7) is 7.41. The molecule has 0 unspecified atom stereocenters. The summed E-state index contributed by atoms with van der Waals surface area (Å²) in [4.78, 5) is 12.4. The van der Waals surface area contributed by atoms with E-state index < -0.39 is 20.5 Å². The molecule has 1 fully saturated rings. The highest BCUT2D eigenvalue weighted by Gasteiger charge is 2.51. The molecule has 6 heteroatoms. The molecule has 0 radical (unpaired) electrons. The molecule has 1 heterocycles. The largest absolute Gasteiger partial charge is 0.457 e. The van der Waals surface area contributed by atoms with Gasteiger partial charge in [0.05, 0.1) is 19.3 Å². The Labute approximate surface area is 221 Å². The van der Waals surface area contributed by atoms with Crippen molar-refractivity contribution >= 4 is 24.7 Å². The lowest BCUT2D eigenvalue weighted by Gasteiger charge is -2.44. The van der Waals surface area contributed by atoms with E-state index >= 15 is 0 Å². The Morgan fingerprint density at radius 3 is 1.95 bits per heavy atom. The lowest BCUT2D eigenvalue weighted by Crippen LogP contribution is -2.67. The van der Waals surface area contributed by atoms with E-state index in [4.69, 9.17) is 18.6 Å². The number of esters is 1. The van der Waals surface area contributed by atoms with E-state index in [2.05, 4.69) is 69.3 Å². The van der Waals surface area contributed by atoms with E-state index in [1.54, 1.807) is 7.11 Å². The summed E-state index contributed by atoms with van der Waals surface area (Å²) >= 11 is 0. The molecular formula is C31H38O5Si. The third-order valence-electron chi connectivity index (χ3n) is 7.12. The van der Waals surface area contributed by atoms with E-state index in [9.17, 15) is 4.79 Å². The summed E-state index contributed by atoms with van der Waals surface area (Å²) in [7, 11) is -1.13. The molecule has 5 nitrogen and oxygen atoms in total. The summed E-state index contributed by atoms with van der Waals surface area (Å²) in [5.41, 5.74) is 1.05. The van der Waals surface area contributed by atoms with Crippen LogP contribution in [0.25, 0.3) is 0 Å². The molecule has 37 heavy (non-hydrogen) atoms. The number of hydrogen-bond donors (Lipinski definition) is 0. The number of carbonyl (C=O) groups is 1. The van der Waals surface area contributed by atoms with E-state index in [1.807, 2.05) is 42.5 Å². The first-order valence-electron chi connectivity index (χ1n) is 13.0. The molecule has 3 aromatic carbocycles. The van der Waals surface area contributed by atoms with Crippen LogP contribution in [0.5, 0.6) is 0 Å². The van der Waals surface area contributed by atoms with Crippen LogP contribution in [-0.2, 0) is 30.0 Å². The summed E-state index contributed by atoms with van der Waals surface area (Å²) in [5.74, 6) is -0.225. The summed E-state index contributed by atoms with van der Waals surface area (Å²) in [6.07, 6.45) is -0.342. The molecule has 0 aromatic heterocycles. The van der Waals surface area contributed by atoms with E-state index in [1.165, 1.54) is 10.4 Å². The quantitative estimate of drug-likeness (QED) is 0.283. The molecule has 4 rings (SSSR count). The first-order valence-corrected chi connectivity index (χ1v) is 14.9. The first kappa shape index (κ1) is 27.3. The number of cyclic esters (lactones) is 1. The minimum Gasteiger partial charge on any atom is -0.457 e. The Bertz CT molecular complexity index is 1080. The third-order valence-corrected chi connectivity index (χ3v) is 12.1. The average Bonchev–Trinajstić information content (AvgIpc) is 2.91. The van der Waals surface area contributed by atoms with Crippen molar-refractivity contribution < 1.29 is 23.4 Å². The van der Waals surface area contributed by atoms with Crippen LogP contribution in [-0.4, -0.2) is 46.3 Å². The molecule has 196 valence electrons. The molecule has 0 aliphatic carbocycles. The van der Waals surface area contributed by atoms with E-state index in [-0.39, 0.29) is 23.7 Å². The van der Waals surface area contributed by atoms with Crippen molar-refractivity contribution in [3.05, 3.63) is 96.6 Å². The van der Waals surface area contributed by atoms with Gasteiger partial charge in [0.25, 0.3) is 8.32 Å². The van der Waals surface area contributed by atoms with E-state index in [0.29, 0.717) is 19.4 Å². The Hall–Kier alpha value is -2.77. The number of methoxy groups -OCH3 is 1. The summed E-state index contributed by atoms with van der Waals surface area (Å²) in [6, 6.07) is 31.1. The third kappa shape index (κ3) is 6.21.